The minimum Gasteiger partial charge on any atom is -0.376 e. The molecule has 1 rings (SSSR count). The molecule has 1 atom stereocenters. The zero-order valence-electron chi connectivity index (χ0n) is 12.0. The van der Waals surface area contributed by atoms with E-state index in [9.17, 15) is 13.2 Å². The monoisotopic (exact) mass is 299 g/mol. The van der Waals surface area contributed by atoms with Gasteiger partial charge in [0.1, 0.15) is 9.84 Å². The third-order valence-electron chi connectivity index (χ3n) is 2.78. The summed E-state index contributed by atoms with van der Waals surface area (Å²) >= 11 is 0. The van der Waals surface area contributed by atoms with Crippen LogP contribution in [0.15, 0.2) is 24.3 Å². The number of carbonyl (C=O) groups excluding carboxylic acids is 1. The summed E-state index contributed by atoms with van der Waals surface area (Å²) in [5, 5.41) is 2.73. The van der Waals surface area contributed by atoms with Gasteiger partial charge in [-0.05, 0) is 18.6 Å². The van der Waals surface area contributed by atoms with Crippen molar-refractivity contribution in [2.75, 3.05) is 36.3 Å². The summed E-state index contributed by atoms with van der Waals surface area (Å²) in [4.78, 5) is 13.8. The summed E-state index contributed by atoms with van der Waals surface area (Å²) in [6, 6.07) is 6.48. The Bertz CT molecular complexity index is 570. The molecule has 1 amide bonds. The van der Waals surface area contributed by atoms with Gasteiger partial charge in [-0.3, -0.25) is 4.79 Å². The van der Waals surface area contributed by atoms with Crippen LogP contribution in [0, 0.1) is 0 Å². The molecule has 0 radical (unpaired) electrons. The molecule has 0 saturated heterocycles. The maximum Gasteiger partial charge on any atom is 0.241 e. The van der Waals surface area contributed by atoms with Crippen molar-refractivity contribution in [2.45, 2.75) is 12.5 Å². The fraction of sp³-hybridized carbons (Fsp3) is 0.462. The number of amides is 1. The smallest absolute Gasteiger partial charge is 0.241 e. The molecular formula is C13H21N3O3S. The molecule has 112 valence electrons. The molecule has 0 saturated carbocycles. The minimum atomic E-state index is -3.12. The summed E-state index contributed by atoms with van der Waals surface area (Å²) in [6.07, 6.45) is 1.23. The molecule has 1 unspecified atom stereocenters. The van der Waals surface area contributed by atoms with Crippen LogP contribution in [0.2, 0.25) is 0 Å². The van der Waals surface area contributed by atoms with Gasteiger partial charge in [0.05, 0.1) is 23.2 Å². The number of carbonyl (C=O) groups is 1. The number of nitrogens with one attached hydrogen (secondary N) is 1. The molecule has 6 nitrogen and oxygen atoms in total. The summed E-state index contributed by atoms with van der Waals surface area (Å²) < 4.78 is 22.1. The second kappa shape index (κ2) is 6.71. The van der Waals surface area contributed by atoms with E-state index < -0.39 is 15.9 Å². The van der Waals surface area contributed by atoms with E-state index in [2.05, 4.69) is 5.32 Å². The lowest BCUT2D eigenvalue weighted by Crippen LogP contribution is -2.37. The first-order valence-corrected chi connectivity index (χ1v) is 8.27. The van der Waals surface area contributed by atoms with Crippen LogP contribution < -0.4 is 16.0 Å². The summed E-state index contributed by atoms with van der Waals surface area (Å²) in [5.41, 5.74) is 7.22. The van der Waals surface area contributed by atoms with Gasteiger partial charge in [0.15, 0.2) is 0 Å². The normalized spacial score (nSPS) is 12.8. The number of rotatable bonds is 6. The third kappa shape index (κ3) is 5.18. The van der Waals surface area contributed by atoms with Crippen LogP contribution in [-0.4, -0.2) is 46.5 Å². The third-order valence-corrected chi connectivity index (χ3v) is 3.76. The van der Waals surface area contributed by atoms with Crippen molar-refractivity contribution in [2.24, 2.45) is 5.73 Å². The fourth-order valence-electron chi connectivity index (χ4n) is 1.67. The standard InChI is InChI=1S/C13H21N3O3S/c1-16(2)12-7-5-4-6-11(12)15-13(17)10(14)8-9-20(3,18)19/h4-7,10H,8-9,14H2,1-3H3,(H,15,17). The van der Waals surface area contributed by atoms with Crippen LogP contribution in [0.4, 0.5) is 11.4 Å². The van der Waals surface area contributed by atoms with E-state index in [1.54, 1.807) is 6.07 Å². The molecule has 0 spiro atoms. The highest BCUT2D eigenvalue weighted by molar-refractivity contribution is 7.90. The number of anilines is 2. The Morgan fingerprint density at radius 1 is 1.35 bits per heavy atom. The average molecular weight is 299 g/mol. The summed E-state index contributed by atoms with van der Waals surface area (Å²) in [5.74, 6) is -0.486. The zero-order valence-corrected chi connectivity index (χ0v) is 12.8. The number of para-hydroxylation sites is 2. The Morgan fingerprint density at radius 3 is 2.50 bits per heavy atom. The fourth-order valence-corrected chi connectivity index (χ4v) is 2.35. The molecule has 1 aromatic rings. The molecule has 20 heavy (non-hydrogen) atoms. The van der Waals surface area contributed by atoms with Crippen LogP contribution in [0.3, 0.4) is 0 Å². The van der Waals surface area contributed by atoms with Gasteiger partial charge in [-0.2, -0.15) is 0 Å². The highest BCUT2D eigenvalue weighted by Gasteiger charge is 2.17. The molecule has 0 heterocycles. The lowest BCUT2D eigenvalue weighted by Gasteiger charge is -2.19. The Kier molecular flexibility index (Phi) is 5.52. The predicted molar refractivity (Wildman–Crippen MR) is 81.7 cm³/mol. The Hall–Kier alpha value is -1.60. The van der Waals surface area contributed by atoms with E-state index in [1.165, 1.54) is 0 Å². The first-order chi connectivity index (χ1) is 9.20. The van der Waals surface area contributed by atoms with E-state index in [0.29, 0.717) is 5.69 Å². The van der Waals surface area contributed by atoms with Crippen molar-refractivity contribution < 1.29 is 13.2 Å². The highest BCUT2D eigenvalue weighted by atomic mass is 32.2. The Balaban J connectivity index is 2.71. The van der Waals surface area contributed by atoms with Crippen LogP contribution in [0.25, 0.3) is 0 Å². The van der Waals surface area contributed by atoms with Gasteiger partial charge in [0.2, 0.25) is 5.91 Å². The van der Waals surface area contributed by atoms with E-state index >= 15 is 0 Å². The summed E-state index contributed by atoms with van der Waals surface area (Å²) in [7, 11) is 0.624. The predicted octanol–water partition coefficient (Wildman–Crippen LogP) is 0.453. The van der Waals surface area contributed by atoms with Gasteiger partial charge < -0.3 is 16.0 Å². The average Bonchev–Trinajstić information content (AvgIpc) is 2.35. The molecule has 1 aromatic carbocycles. The minimum absolute atomic E-state index is 0.100. The van der Waals surface area contributed by atoms with Crippen LogP contribution >= 0.6 is 0 Å². The van der Waals surface area contributed by atoms with E-state index in [-0.39, 0.29) is 18.1 Å². The van der Waals surface area contributed by atoms with Gasteiger partial charge in [-0.25, -0.2) is 8.42 Å². The SMILES string of the molecule is CN(C)c1ccccc1NC(=O)C(N)CCS(C)(=O)=O. The maximum atomic E-state index is 12.0. The number of hydrogen-bond acceptors (Lipinski definition) is 5. The van der Waals surface area contributed by atoms with Gasteiger partial charge in [0, 0.05) is 20.4 Å². The van der Waals surface area contributed by atoms with Crippen molar-refractivity contribution >= 4 is 27.1 Å². The topological polar surface area (TPSA) is 92.5 Å². The second-order valence-electron chi connectivity index (χ2n) is 4.93. The van der Waals surface area contributed by atoms with Gasteiger partial charge >= 0.3 is 0 Å². The van der Waals surface area contributed by atoms with Crippen LogP contribution in [0.1, 0.15) is 6.42 Å². The van der Waals surface area contributed by atoms with E-state index in [1.807, 2.05) is 37.2 Å². The summed E-state index contributed by atoms with van der Waals surface area (Å²) in [6.45, 7) is 0. The first-order valence-electron chi connectivity index (χ1n) is 6.21. The highest BCUT2D eigenvalue weighted by Crippen LogP contribution is 2.23. The quantitative estimate of drug-likeness (QED) is 0.796. The van der Waals surface area contributed by atoms with Crippen molar-refractivity contribution in [3.63, 3.8) is 0 Å². The largest absolute Gasteiger partial charge is 0.376 e. The molecule has 0 fully saturated rings. The molecule has 7 heteroatoms. The van der Waals surface area contributed by atoms with Gasteiger partial charge in [-0.1, -0.05) is 12.1 Å². The molecule has 0 bridgehead atoms. The van der Waals surface area contributed by atoms with E-state index in [0.717, 1.165) is 11.9 Å². The van der Waals surface area contributed by atoms with Crippen molar-refractivity contribution in [3.05, 3.63) is 24.3 Å². The molecule has 0 aliphatic heterocycles. The Morgan fingerprint density at radius 2 is 1.95 bits per heavy atom. The van der Waals surface area contributed by atoms with Crippen LogP contribution in [-0.2, 0) is 14.6 Å². The Labute approximate surface area is 119 Å². The van der Waals surface area contributed by atoms with Crippen molar-refractivity contribution in [1.29, 1.82) is 0 Å². The number of hydrogen-bond donors (Lipinski definition) is 2. The van der Waals surface area contributed by atoms with E-state index in [4.69, 9.17) is 5.73 Å². The van der Waals surface area contributed by atoms with Crippen LogP contribution in [0.5, 0.6) is 0 Å². The van der Waals surface area contributed by atoms with Gasteiger partial charge in [-0.15, -0.1) is 0 Å². The number of nitrogens with zero attached hydrogens (tertiary/aromatic N) is 1. The molecule has 0 aromatic heterocycles. The molecular weight excluding hydrogens is 278 g/mol. The molecule has 0 aliphatic carbocycles. The maximum absolute atomic E-state index is 12.0. The molecule has 3 N–H and O–H groups in total. The lowest BCUT2D eigenvalue weighted by molar-refractivity contribution is -0.117. The lowest BCUT2D eigenvalue weighted by atomic mass is 10.2. The van der Waals surface area contributed by atoms with Crippen molar-refractivity contribution in [3.8, 4) is 0 Å². The second-order valence-corrected chi connectivity index (χ2v) is 7.19. The number of nitrogens with two attached hydrogens (primary N) is 1. The van der Waals surface area contributed by atoms with Gasteiger partial charge in [0.25, 0.3) is 0 Å². The zero-order chi connectivity index (χ0) is 15.3. The molecule has 0 aliphatic rings. The first kappa shape index (κ1) is 16.5. The van der Waals surface area contributed by atoms with Crippen molar-refractivity contribution in [1.82, 2.24) is 0 Å². The number of benzene rings is 1. The number of sulfone groups is 1.